The number of benzene rings is 2. The van der Waals surface area contributed by atoms with Gasteiger partial charge in [-0.3, -0.25) is 4.79 Å². The van der Waals surface area contributed by atoms with Gasteiger partial charge in [0, 0.05) is 18.0 Å². The Morgan fingerprint density at radius 1 is 1.20 bits per heavy atom. The van der Waals surface area contributed by atoms with E-state index >= 15 is 0 Å². The molecule has 0 bridgehead atoms. The highest BCUT2D eigenvalue weighted by Crippen LogP contribution is 2.56. The number of fused-ring (bicyclic) bond motifs is 5. The third-order valence-electron chi connectivity index (χ3n) is 5.83. The molecule has 2 aromatic carbocycles. The minimum atomic E-state index is -4.42. The van der Waals surface area contributed by atoms with Crippen LogP contribution in [0.4, 0.5) is 13.2 Å². The predicted octanol–water partition coefficient (Wildman–Crippen LogP) is 4.74. The highest BCUT2D eigenvalue weighted by Gasteiger charge is 2.54. The second kappa shape index (κ2) is 5.10. The molecule has 1 aliphatic heterocycles. The van der Waals surface area contributed by atoms with Crippen LogP contribution in [0.3, 0.4) is 0 Å². The average Bonchev–Trinajstić information content (AvgIpc) is 2.94. The lowest BCUT2D eigenvalue weighted by molar-refractivity contribution is -0.137. The van der Waals surface area contributed by atoms with E-state index in [0.717, 1.165) is 17.2 Å². The molecule has 2 aromatic rings. The summed E-state index contributed by atoms with van der Waals surface area (Å²) in [7, 11) is 1.75. The summed E-state index contributed by atoms with van der Waals surface area (Å²) < 4.78 is 39.8. The predicted molar refractivity (Wildman–Crippen MR) is 88.4 cm³/mol. The highest BCUT2D eigenvalue weighted by atomic mass is 19.4. The molecule has 2 aliphatic rings. The van der Waals surface area contributed by atoms with E-state index in [9.17, 15) is 18.0 Å². The summed E-state index contributed by atoms with van der Waals surface area (Å²) in [5.41, 5.74) is 1.88. The van der Waals surface area contributed by atoms with Crippen molar-refractivity contribution in [2.45, 2.75) is 37.4 Å². The topological polar surface area (TPSA) is 20.3 Å². The molecule has 0 radical (unpaired) electrons. The van der Waals surface area contributed by atoms with Crippen LogP contribution < -0.4 is 0 Å². The molecule has 4 rings (SSSR count). The zero-order valence-electron chi connectivity index (χ0n) is 14.0. The van der Waals surface area contributed by atoms with Crippen molar-refractivity contribution >= 4 is 5.91 Å². The van der Waals surface area contributed by atoms with Crippen LogP contribution in [0.15, 0.2) is 42.5 Å². The van der Waals surface area contributed by atoms with Crippen molar-refractivity contribution in [1.29, 1.82) is 0 Å². The highest BCUT2D eigenvalue weighted by molar-refractivity contribution is 5.98. The Labute approximate surface area is 144 Å². The van der Waals surface area contributed by atoms with Crippen molar-refractivity contribution in [3.8, 4) is 0 Å². The molecule has 130 valence electrons. The van der Waals surface area contributed by atoms with Gasteiger partial charge in [0.2, 0.25) is 0 Å². The van der Waals surface area contributed by atoms with E-state index in [1.165, 1.54) is 12.1 Å². The van der Waals surface area contributed by atoms with Crippen LogP contribution in [0.25, 0.3) is 0 Å². The first-order valence-corrected chi connectivity index (χ1v) is 8.36. The number of alkyl halides is 3. The first-order valence-electron chi connectivity index (χ1n) is 8.36. The Balaban J connectivity index is 2.00. The number of hydrogen-bond acceptors (Lipinski definition) is 1. The number of rotatable bonds is 1. The fraction of sp³-hybridized carbons (Fsp3) is 0.350. The van der Waals surface area contributed by atoms with E-state index in [-0.39, 0.29) is 11.9 Å². The van der Waals surface area contributed by atoms with Crippen LogP contribution in [0.1, 0.15) is 52.0 Å². The smallest absolute Gasteiger partial charge is 0.334 e. The van der Waals surface area contributed by atoms with Crippen molar-refractivity contribution in [2.75, 3.05) is 7.05 Å². The zero-order chi connectivity index (χ0) is 18.0. The van der Waals surface area contributed by atoms with Crippen LogP contribution in [-0.4, -0.2) is 17.9 Å². The summed E-state index contributed by atoms with van der Waals surface area (Å²) in [6.45, 7) is 1.99. The minimum absolute atomic E-state index is 0.213. The van der Waals surface area contributed by atoms with Crippen LogP contribution in [0, 0.1) is 0 Å². The molecule has 1 heterocycles. The summed E-state index contributed by atoms with van der Waals surface area (Å²) in [5, 5.41) is 0. The standard InChI is InChI=1S/C20H18F3NO/c1-3-19-11-12-6-4-5-7-14(12)17(19)24(2)18(25)15-9-8-13(10-16(15)19)20(21,22)23/h4-10,17H,3,11H2,1-2H3/t17-,19-/m1/s1. The number of likely N-dealkylation sites (N-methyl/N-ethyl adjacent to an activating group) is 1. The number of hydrogen-bond donors (Lipinski definition) is 0. The van der Waals surface area contributed by atoms with Gasteiger partial charge in [0.25, 0.3) is 5.91 Å². The summed E-state index contributed by atoms with van der Waals surface area (Å²) in [6.07, 6.45) is -3.11. The monoisotopic (exact) mass is 345 g/mol. The lowest BCUT2D eigenvalue weighted by Crippen LogP contribution is -2.48. The SMILES string of the molecule is CC[C@]12Cc3ccccc3[C@H]1N(C)C(=O)c1ccc(C(F)(F)F)cc12. The van der Waals surface area contributed by atoms with Crippen molar-refractivity contribution in [3.05, 3.63) is 70.3 Å². The number of carbonyl (C=O) groups excluding carboxylic acids is 1. The molecule has 0 saturated heterocycles. The van der Waals surface area contributed by atoms with Gasteiger partial charge < -0.3 is 4.90 Å². The van der Waals surface area contributed by atoms with Crippen molar-refractivity contribution in [2.24, 2.45) is 0 Å². The zero-order valence-corrected chi connectivity index (χ0v) is 14.0. The van der Waals surface area contributed by atoms with Gasteiger partial charge in [-0.05, 0) is 47.7 Å². The average molecular weight is 345 g/mol. The van der Waals surface area contributed by atoms with E-state index in [1.54, 1.807) is 11.9 Å². The molecule has 1 amide bonds. The molecule has 0 saturated carbocycles. The Morgan fingerprint density at radius 3 is 2.60 bits per heavy atom. The fourth-order valence-electron chi connectivity index (χ4n) is 4.65. The molecule has 0 unspecified atom stereocenters. The fourth-order valence-corrected chi connectivity index (χ4v) is 4.65. The molecule has 5 heteroatoms. The summed E-state index contributed by atoms with van der Waals surface area (Å²) in [5.74, 6) is -0.213. The molecule has 0 N–H and O–H groups in total. The lowest BCUT2D eigenvalue weighted by atomic mass is 9.67. The maximum absolute atomic E-state index is 13.3. The van der Waals surface area contributed by atoms with Gasteiger partial charge in [0.1, 0.15) is 0 Å². The Hall–Kier alpha value is -2.30. The summed E-state index contributed by atoms with van der Waals surface area (Å²) in [6, 6.07) is 11.2. The molecular formula is C20H18F3NO. The molecular weight excluding hydrogens is 327 g/mol. The Morgan fingerprint density at radius 2 is 1.92 bits per heavy atom. The molecule has 25 heavy (non-hydrogen) atoms. The number of carbonyl (C=O) groups is 1. The first-order chi connectivity index (χ1) is 11.8. The molecule has 1 aliphatic carbocycles. The van der Waals surface area contributed by atoms with E-state index in [0.29, 0.717) is 24.0 Å². The second-order valence-electron chi connectivity index (χ2n) is 6.96. The Kier molecular flexibility index (Phi) is 3.30. The van der Waals surface area contributed by atoms with E-state index in [4.69, 9.17) is 0 Å². The van der Waals surface area contributed by atoms with Gasteiger partial charge in [0.05, 0.1) is 11.6 Å². The number of amides is 1. The van der Waals surface area contributed by atoms with Gasteiger partial charge in [-0.25, -0.2) is 0 Å². The van der Waals surface area contributed by atoms with Crippen molar-refractivity contribution in [1.82, 2.24) is 4.90 Å². The quantitative estimate of drug-likeness (QED) is 0.731. The van der Waals surface area contributed by atoms with Gasteiger partial charge >= 0.3 is 6.18 Å². The Bertz CT molecular complexity index is 873. The van der Waals surface area contributed by atoms with E-state index < -0.39 is 17.2 Å². The molecule has 0 fully saturated rings. The third-order valence-corrected chi connectivity index (χ3v) is 5.83. The maximum Gasteiger partial charge on any atom is 0.416 e. The number of halogens is 3. The second-order valence-corrected chi connectivity index (χ2v) is 6.96. The summed E-state index contributed by atoms with van der Waals surface area (Å²) in [4.78, 5) is 14.5. The van der Waals surface area contributed by atoms with Crippen LogP contribution in [-0.2, 0) is 18.0 Å². The van der Waals surface area contributed by atoms with Crippen LogP contribution >= 0.6 is 0 Å². The molecule has 2 nitrogen and oxygen atoms in total. The lowest BCUT2D eigenvalue weighted by Gasteiger charge is -2.46. The van der Waals surface area contributed by atoms with Gasteiger partial charge in [-0.1, -0.05) is 31.2 Å². The van der Waals surface area contributed by atoms with Crippen LogP contribution in [0.5, 0.6) is 0 Å². The van der Waals surface area contributed by atoms with E-state index in [1.807, 2.05) is 31.2 Å². The van der Waals surface area contributed by atoms with Crippen LogP contribution in [0.2, 0.25) is 0 Å². The summed E-state index contributed by atoms with van der Waals surface area (Å²) >= 11 is 0. The largest absolute Gasteiger partial charge is 0.416 e. The van der Waals surface area contributed by atoms with Gasteiger partial charge in [0.15, 0.2) is 0 Å². The third kappa shape index (κ3) is 2.08. The van der Waals surface area contributed by atoms with Crippen molar-refractivity contribution < 1.29 is 18.0 Å². The number of nitrogens with zero attached hydrogens (tertiary/aromatic N) is 1. The first kappa shape index (κ1) is 16.2. The normalized spacial score (nSPS) is 24.8. The minimum Gasteiger partial charge on any atom is -0.334 e. The molecule has 0 aromatic heterocycles. The van der Waals surface area contributed by atoms with Gasteiger partial charge in [-0.2, -0.15) is 13.2 Å². The molecule has 0 spiro atoms. The maximum atomic E-state index is 13.3. The van der Waals surface area contributed by atoms with Gasteiger partial charge in [-0.15, -0.1) is 0 Å². The van der Waals surface area contributed by atoms with E-state index in [2.05, 4.69) is 0 Å². The van der Waals surface area contributed by atoms with Crippen molar-refractivity contribution in [3.63, 3.8) is 0 Å². The molecule has 2 atom stereocenters.